The summed E-state index contributed by atoms with van der Waals surface area (Å²) in [6.07, 6.45) is 1.29. The molecule has 1 aromatic rings. The van der Waals surface area contributed by atoms with Crippen LogP contribution >= 0.6 is 0 Å². The normalized spacial score (nSPS) is 19.7. The van der Waals surface area contributed by atoms with Crippen molar-refractivity contribution in [3.05, 3.63) is 29.6 Å². The largest absolute Gasteiger partial charge is 0.368 e. The Balaban J connectivity index is 1.47. The summed E-state index contributed by atoms with van der Waals surface area (Å²) in [6.45, 7) is 2.43. The second kappa shape index (κ2) is 9.79. The molecule has 8 nitrogen and oxygen atoms in total. The lowest BCUT2D eigenvalue weighted by atomic mass is 10.2. The molecule has 1 unspecified atom stereocenters. The van der Waals surface area contributed by atoms with Crippen LogP contribution in [0.1, 0.15) is 12.8 Å². The number of rotatable bonds is 4. The van der Waals surface area contributed by atoms with E-state index in [0.29, 0.717) is 38.7 Å². The van der Waals surface area contributed by atoms with E-state index in [0.717, 1.165) is 25.0 Å². The van der Waals surface area contributed by atoms with E-state index in [2.05, 4.69) is 15.6 Å². The summed E-state index contributed by atoms with van der Waals surface area (Å²) in [5, 5.41) is 5.04. The predicted octanol–water partition coefficient (Wildman–Crippen LogP) is 0.941. The molecule has 1 atom stereocenters. The summed E-state index contributed by atoms with van der Waals surface area (Å²) in [4.78, 5) is 32.2. The second-order valence-electron chi connectivity index (χ2n) is 6.99. The zero-order valence-electron chi connectivity index (χ0n) is 16.6. The molecule has 2 aliphatic rings. The molecule has 164 valence electrons. The number of nitrogens with one attached hydrogen (secondary N) is 2. The smallest absolute Gasteiger partial charge is 0.251 e. The lowest BCUT2D eigenvalue weighted by molar-refractivity contribution is -0.142. The molecule has 0 aromatic heterocycles. The fraction of sp³-hybridized carbons (Fsp3) is 0.526. The summed E-state index contributed by atoms with van der Waals surface area (Å²) in [5.74, 6) is -4.63. The summed E-state index contributed by atoms with van der Waals surface area (Å²) < 4.78 is 45.3. The highest BCUT2D eigenvalue weighted by Crippen LogP contribution is 2.19. The first kappa shape index (κ1) is 21.9. The van der Waals surface area contributed by atoms with Gasteiger partial charge in [0.15, 0.2) is 23.4 Å². The molecule has 11 heteroatoms. The number of anilines is 1. The third-order valence-electron chi connectivity index (χ3n) is 5.02. The van der Waals surface area contributed by atoms with Crippen LogP contribution in [0.5, 0.6) is 0 Å². The molecule has 2 aliphatic heterocycles. The zero-order chi connectivity index (χ0) is 21.7. The molecule has 2 amide bonds. The van der Waals surface area contributed by atoms with E-state index in [4.69, 9.17) is 4.74 Å². The SMILES string of the molecule is CN=C(NCC(=O)Nc1ccc(F)c(F)c1F)N1CCN(C(=O)C2CCCO2)CC1. The Bertz CT molecular complexity index is 822. The Hall–Kier alpha value is -2.82. The van der Waals surface area contributed by atoms with Gasteiger partial charge in [-0.3, -0.25) is 14.6 Å². The number of carbonyl (C=O) groups excluding carboxylic acids is 2. The first-order valence-corrected chi connectivity index (χ1v) is 9.70. The molecular formula is C19H24F3N5O3. The minimum Gasteiger partial charge on any atom is -0.368 e. The number of hydrogen-bond acceptors (Lipinski definition) is 4. The standard InChI is InChI=1S/C19H24F3N5O3/c1-23-19(24-11-15(28)25-13-5-4-12(20)16(21)17(13)22)27-8-6-26(7-9-27)18(29)14-3-2-10-30-14/h4-5,14H,2-3,6-11H2,1H3,(H,23,24)(H,25,28). The summed E-state index contributed by atoms with van der Waals surface area (Å²) in [7, 11) is 1.55. The van der Waals surface area contributed by atoms with Gasteiger partial charge in [0.2, 0.25) is 5.91 Å². The third kappa shape index (κ3) is 5.02. The molecule has 0 saturated carbocycles. The summed E-state index contributed by atoms with van der Waals surface area (Å²) in [5.41, 5.74) is -0.447. The number of carbonyl (C=O) groups is 2. The van der Waals surface area contributed by atoms with Crippen LogP contribution in [-0.4, -0.2) is 80.1 Å². The molecule has 0 aliphatic carbocycles. The summed E-state index contributed by atoms with van der Waals surface area (Å²) in [6, 6.07) is 1.68. The van der Waals surface area contributed by atoms with Crippen molar-refractivity contribution in [3.8, 4) is 0 Å². The molecule has 2 heterocycles. The minimum atomic E-state index is -1.65. The molecule has 1 aromatic carbocycles. The highest BCUT2D eigenvalue weighted by molar-refractivity contribution is 5.95. The van der Waals surface area contributed by atoms with Gasteiger partial charge in [-0.2, -0.15) is 0 Å². The van der Waals surface area contributed by atoms with Gasteiger partial charge in [0, 0.05) is 39.8 Å². The highest BCUT2D eigenvalue weighted by atomic mass is 19.2. The van der Waals surface area contributed by atoms with Gasteiger partial charge in [0.25, 0.3) is 5.91 Å². The molecule has 2 fully saturated rings. The van der Waals surface area contributed by atoms with Crippen molar-refractivity contribution in [2.75, 3.05) is 51.7 Å². The average Bonchev–Trinajstić information content (AvgIpc) is 3.29. The number of benzene rings is 1. The predicted molar refractivity (Wildman–Crippen MR) is 103 cm³/mol. The number of piperazine rings is 1. The van der Waals surface area contributed by atoms with E-state index in [1.165, 1.54) is 0 Å². The average molecular weight is 427 g/mol. The molecule has 0 bridgehead atoms. The van der Waals surface area contributed by atoms with Crippen LogP contribution < -0.4 is 10.6 Å². The number of guanidine groups is 1. The fourth-order valence-corrected chi connectivity index (χ4v) is 3.42. The number of hydrogen-bond donors (Lipinski definition) is 2. The van der Waals surface area contributed by atoms with Gasteiger partial charge < -0.3 is 25.2 Å². The lowest BCUT2D eigenvalue weighted by Crippen LogP contribution is -2.55. The van der Waals surface area contributed by atoms with Crippen molar-refractivity contribution in [1.29, 1.82) is 0 Å². The zero-order valence-corrected chi connectivity index (χ0v) is 16.6. The lowest BCUT2D eigenvalue weighted by Gasteiger charge is -2.37. The van der Waals surface area contributed by atoms with Gasteiger partial charge >= 0.3 is 0 Å². The van der Waals surface area contributed by atoms with Crippen LogP contribution in [0.2, 0.25) is 0 Å². The molecule has 0 spiro atoms. The molecule has 3 rings (SSSR count). The number of aliphatic imine (C=N–C) groups is 1. The van der Waals surface area contributed by atoms with Crippen LogP contribution in [0.15, 0.2) is 17.1 Å². The summed E-state index contributed by atoms with van der Waals surface area (Å²) >= 11 is 0. The molecule has 0 radical (unpaired) electrons. The number of amides is 2. The Labute approximate surface area is 172 Å². The van der Waals surface area contributed by atoms with E-state index in [1.54, 1.807) is 11.9 Å². The quantitative estimate of drug-likeness (QED) is 0.425. The van der Waals surface area contributed by atoms with Gasteiger partial charge in [-0.15, -0.1) is 0 Å². The maximum absolute atomic E-state index is 13.7. The molecule has 30 heavy (non-hydrogen) atoms. The first-order chi connectivity index (χ1) is 14.4. The number of halogens is 3. The Kier molecular flexibility index (Phi) is 7.14. The van der Waals surface area contributed by atoms with Crippen LogP contribution in [0.4, 0.5) is 18.9 Å². The highest BCUT2D eigenvalue weighted by Gasteiger charge is 2.31. The van der Waals surface area contributed by atoms with Crippen molar-refractivity contribution in [1.82, 2.24) is 15.1 Å². The fourth-order valence-electron chi connectivity index (χ4n) is 3.42. The van der Waals surface area contributed by atoms with Crippen LogP contribution in [0.3, 0.4) is 0 Å². The van der Waals surface area contributed by atoms with Gasteiger partial charge in [0.05, 0.1) is 12.2 Å². The van der Waals surface area contributed by atoms with Crippen molar-refractivity contribution in [3.63, 3.8) is 0 Å². The van der Waals surface area contributed by atoms with Gasteiger partial charge in [-0.05, 0) is 25.0 Å². The van der Waals surface area contributed by atoms with Crippen molar-refractivity contribution < 1.29 is 27.5 Å². The minimum absolute atomic E-state index is 0.00281. The van der Waals surface area contributed by atoms with E-state index < -0.39 is 29.0 Å². The van der Waals surface area contributed by atoms with Crippen LogP contribution in [0.25, 0.3) is 0 Å². The Morgan fingerprint density at radius 2 is 1.83 bits per heavy atom. The molecule has 2 saturated heterocycles. The number of nitrogens with zero attached hydrogens (tertiary/aromatic N) is 3. The van der Waals surface area contributed by atoms with Crippen molar-refractivity contribution in [2.45, 2.75) is 18.9 Å². The maximum atomic E-state index is 13.7. The third-order valence-corrected chi connectivity index (χ3v) is 5.02. The Morgan fingerprint density at radius 3 is 2.47 bits per heavy atom. The monoisotopic (exact) mass is 427 g/mol. The van der Waals surface area contributed by atoms with E-state index >= 15 is 0 Å². The van der Waals surface area contributed by atoms with Crippen LogP contribution in [-0.2, 0) is 14.3 Å². The number of ether oxygens (including phenoxy) is 1. The molecule has 2 N–H and O–H groups in total. The topological polar surface area (TPSA) is 86.3 Å². The van der Waals surface area contributed by atoms with Crippen LogP contribution in [0, 0.1) is 17.5 Å². The molecular weight excluding hydrogens is 403 g/mol. The van der Waals surface area contributed by atoms with E-state index in [9.17, 15) is 22.8 Å². The van der Waals surface area contributed by atoms with E-state index in [1.807, 2.05) is 4.90 Å². The second-order valence-corrected chi connectivity index (χ2v) is 6.99. The maximum Gasteiger partial charge on any atom is 0.251 e. The first-order valence-electron chi connectivity index (χ1n) is 9.70. The van der Waals surface area contributed by atoms with Gasteiger partial charge in [-0.25, -0.2) is 13.2 Å². The van der Waals surface area contributed by atoms with Crippen molar-refractivity contribution >= 4 is 23.5 Å². The van der Waals surface area contributed by atoms with Gasteiger partial charge in [0.1, 0.15) is 6.10 Å². The Morgan fingerprint density at radius 1 is 1.13 bits per heavy atom. The van der Waals surface area contributed by atoms with Gasteiger partial charge in [-0.1, -0.05) is 0 Å². The van der Waals surface area contributed by atoms with E-state index in [-0.39, 0.29) is 18.6 Å². The van der Waals surface area contributed by atoms with Crippen molar-refractivity contribution in [2.24, 2.45) is 4.99 Å².